The molecule has 0 aromatic rings. The van der Waals surface area contributed by atoms with Gasteiger partial charge >= 0.3 is 0 Å². The van der Waals surface area contributed by atoms with Gasteiger partial charge in [0.1, 0.15) is 25.1 Å². The standard InChI is InChI=1S/C6H8O4/c7-2-4-1-5(8)6(9)3-10-4/h1,5,7-8H,2-3H2. The molecule has 1 aliphatic rings. The SMILES string of the molecule is O=C1COC(CO)=CC1O. The monoisotopic (exact) mass is 144 g/mol. The van der Waals surface area contributed by atoms with E-state index in [9.17, 15) is 4.79 Å². The number of hydrogen-bond donors (Lipinski definition) is 2. The Kier molecular flexibility index (Phi) is 2.03. The van der Waals surface area contributed by atoms with Gasteiger partial charge in [0.2, 0.25) is 5.78 Å². The van der Waals surface area contributed by atoms with Gasteiger partial charge in [-0.2, -0.15) is 0 Å². The first-order valence-corrected chi connectivity index (χ1v) is 2.89. The quantitative estimate of drug-likeness (QED) is 0.486. The predicted molar refractivity (Wildman–Crippen MR) is 32.1 cm³/mol. The van der Waals surface area contributed by atoms with Gasteiger partial charge < -0.3 is 14.9 Å². The van der Waals surface area contributed by atoms with E-state index < -0.39 is 6.10 Å². The van der Waals surface area contributed by atoms with E-state index in [4.69, 9.17) is 14.9 Å². The summed E-state index contributed by atoms with van der Waals surface area (Å²) in [5, 5.41) is 17.3. The van der Waals surface area contributed by atoms with Crippen LogP contribution < -0.4 is 0 Å². The summed E-state index contributed by atoms with van der Waals surface area (Å²) in [5.41, 5.74) is 0. The van der Waals surface area contributed by atoms with E-state index in [0.29, 0.717) is 0 Å². The summed E-state index contributed by atoms with van der Waals surface area (Å²) in [7, 11) is 0. The van der Waals surface area contributed by atoms with Crippen molar-refractivity contribution < 1.29 is 19.7 Å². The van der Waals surface area contributed by atoms with Gasteiger partial charge in [0.15, 0.2) is 0 Å². The van der Waals surface area contributed by atoms with E-state index in [1.807, 2.05) is 0 Å². The van der Waals surface area contributed by atoms with Crippen LogP contribution in [-0.4, -0.2) is 35.3 Å². The number of ether oxygens (including phenoxy) is 1. The minimum atomic E-state index is -1.10. The molecule has 10 heavy (non-hydrogen) atoms. The van der Waals surface area contributed by atoms with Crippen LogP contribution in [0.15, 0.2) is 11.8 Å². The molecule has 2 N–H and O–H groups in total. The summed E-state index contributed by atoms with van der Waals surface area (Å²) >= 11 is 0. The Morgan fingerprint density at radius 3 is 3.00 bits per heavy atom. The molecule has 4 heteroatoms. The topological polar surface area (TPSA) is 66.8 Å². The molecule has 1 unspecified atom stereocenters. The summed E-state index contributed by atoms with van der Waals surface area (Å²) in [6.07, 6.45) is 0.0992. The molecule has 56 valence electrons. The number of Topliss-reactive ketones (excluding diaryl/α,β-unsaturated/α-hetero) is 1. The molecule has 0 fully saturated rings. The van der Waals surface area contributed by atoms with Crippen molar-refractivity contribution in [2.45, 2.75) is 6.10 Å². The lowest BCUT2D eigenvalue weighted by molar-refractivity contribution is -0.130. The number of carbonyl (C=O) groups excluding carboxylic acids is 1. The van der Waals surface area contributed by atoms with Crippen LogP contribution in [0.25, 0.3) is 0 Å². The maximum Gasteiger partial charge on any atom is 0.202 e. The van der Waals surface area contributed by atoms with Crippen LogP contribution in [0.3, 0.4) is 0 Å². The van der Waals surface area contributed by atoms with Gasteiger partial charge in [-0.1, -0.05) is 0 Å². The lowest BCUT2D eigenvalue weighted by Crippen LogP contribution is -2.28. The van der Waals surface area contributed by atoms with Crippen molar-refractivity contribution in [3.8, 4) is 0 Å². The van der Waals surface area contributed by atoms with Crippen molar-refractivity contribution >= 4 is 5.78 Å². The zero-order chi connectivity index (χ0) is 7.56. The second kappa shape index (κ2) is 2.81. The third-order valence-electron chi connectivity index (χ3n) is 1.23. The minimum Gasteiger partial charge on any atom is -0.488 e. The molecule has 0 spiro atoms. The molecular formula is C6H8O4. The molecular weight excluding hydrogens is 136 g/mol. The third-order valence-corrected chi connectivity index (χ3v) is 1.23. The van der Waals surface area contributed by atoms with Crippen molar-refractivity contribution in [2.75, 3.05) is 13.2 Å². The van der Waals surface area contributed by atoms with Crippen molar-refractivity contribution in [3.63, 3.8) is 0 Å². The molecule has 0 saturated carbocycles. The number of aliphatic hydroxyl groups is 2. The van der Waals surface area contributed by atoms with E-state index in [0.717, 1.165) is 0 Å². The number of ketones is 1. The van der Waals surface area contributed by atoms with Gasteiger partial charge in [-0.15, -0.1) is 0 Å². The molecule has 0 amide bonds. The van der Waals surface area contributed by atoms with Crippen molar-refractivity contribution in [1.82, 2.24) is 0 Å². The fraction of sp³-hybridized carbons (Fsp3) is 0.500. The van der Waals surface area contributed by atoms with Gasteiger partial charge in [0, 0.05) is 0 Å². The average Bonchev–Trinajstić information content (AvgIpc) is 1.95. The molecule has 0 radical (unpaired) electrons. The molecule has 0 aromatic heterocycles. The molecule has 0 bridgehead atoms. The van der Waals surface area contributed by atoms with E-state index in [-0.39, 0.29) is 24.8 Å². The number of aliphatic hydroxyl groups excluding tert-OH is 2. The van der Waals surface area contributed by atoms with Crippen LogP contribution in [0.5, 0.6) is 0 Å². The average molecular weight is 144 g/mol. The third kappa shape index (κ3) is 1.34. The van der Waals surface area contributed by atoms with E-state index in [1.165, 1.54) is 6.08 Å². The van der Waals surface area contributed by atoms with E-state index in [2.05, 4.69) is 0 Å². The maximum atomic E-state index is 10.6. The predicted octanol–water partition coefficient (Wildman–Crippen LogP) is -1.18. The van der Waals surface area contributed by atoms with Gasteiger partial charge in [-0.25, -0.2) is 0 Å². The summed E-state index contributed by atoms with van der Waals surface area (Å²) in [4.78, 5) is 10.6. The number of carbonyl (C=O) groups is 1. The van der Waals surface area contributed by atoms with Gasteiger partial charge in [0.05, 0.1) is 0 Å². The maximum absolute atomic E-state index is 10.6. The highest BCUT2D eigenvalue weighted by atomic mass is 16.5. The Morgan fingerprint density at radius 2 is 2.50 bits per heavy atom. The Balaban J connectivity index is 2.65. The molecule has 1 rings (SSSR count). The normalized spacial score (nSPS) is 25.6. The first-order valence-electron chi connectivity index (χ1n) is 2.89. The number of hydrogen-bond acceptors (Lipinski definition) is 4. The lowest BCUT2D eigenvalue weighted by Gasteiger charge is -2.15. The number of rotatable bonds is 1. The highest BCUT2D eigenvalue weighted by molar-refractivity contribution is 5.86. The van der Waals surface area contributed by atoms with Crippen LogP contribution in [-0.2, 0) is 9.53 Å². The Morgan fingerprint density at radius 1 is 1.80 bits per heavy atom. The van der Waals surface area contributed by atoms with E-state index in [1.54, 1.807) is 0 Å². The summed E-state index contributed by atoms with van der Waals surface area (Å²) in [6, 6.07) is 0. The Hall–Kier alpha value is -0.870. The zero-order valence-electron chi connectivity index (χ0n) is 5.28. The first-order chi connectivity index (χ1) is 4.74. The van der Waals surface area contributed by atoms with Crippen LogP contribution in [0.4, 0.5) is 0 Å². The van der Waals surface area contributed by atoms with Crippen molar-refractivity contribution in [1.29, 1.82) is 0 Å². The highest BCUT2D eigenvalue weighted by Crippen LogP contribution is 2.06. The second-order valence-electron chi connectivity index (χ2n) is 1.99. The van der Waals surface area contributed by atoms with Gasteiger partial charge in [0.25, 0.3) is 0 Å². The second-order valence-corrected chi connectivity index (χ2v) is 1.99. The summed E-state index contributed by atoms with van der Waals surface area (Å²) < 4.78 is 4.71. The Labute approximate surface area is 57.7 Å². The first kappa shape index (κ1) is 7.24. The van der Waals surface area contributed by atoms with Gasteiger partial charge in [-0.3, -0.25) is 4.79 Å². The molecule has 1 atom stereocenters. The Bertz CT molecular complexity index is 173. The fourth-order valence-electron chi connectivity index (χ4n) is 0.665. The summed E-state index contributed by atoms with van der Waals surface area (Å²) in [6.45, 7) is -0.419. The van der Waals surface area contributed by atoms with Crippen LogP contribution in [0.1, 0.15) is 0 Å². The van der Waals surface area contributed by atoms with Crippen LogP contribution >= 0.6 is 0 Å². The van der Waals surface area contributed by atoms with Crippen molar-refractivity contribution in [2.24, 2.45) is 0 Å². The molecule has 0 aliphatic carbocycles. The van der Waals surface area contributed by atoms with Crippen molar-refractivity contribution in [3.05, 3.63) is 11.8 Å². The lowest BCUT2D eigenvalue weighted by atomic mass is 10.2. The van der Waals surface area contributed by atoms with Gasteiger partial charge in [-0.05, 0) is 6.08 Å². The summed E-state index contributed by atoms with van der Waals surface area (Å²) in [5.74, 6) is -0.121. The highest BCUT2D eigenvalue weighted by Gasteiger charge is 2.19. The molecule has 0 aromatic carbocycles. The van der Waals surface area contributed by atoms with Crippen LogP contribution in [0, 0.1) is 0 Å². The smallest absolute Gasteiger partial charge is 0.202 e. The van der Waals surface area contributed by atoms with E-state index >= 15 is 0 Å². The fourth-order valence-corrected chi connectivity index (χ4v) is 0.665. The molecule has 0 saturated heterocycles. The molecule has 4 nitrogen and oxygen atoms in total. The molecule has 1 heterocycles. The minimum absolute atomic E-state index is 0.145. The zero-order valence-corrected chi connectivity index (χ0v) is 5.28. The van der Waals surface area contributed by atoms with Crippen LogP contribution in [0.2, 0.25) is 0 Å². The molecule has 1 aliphatic heterocycles. The largest absolute Gasteiger partial charge is 0.488 e.